The Morgan fingerprint density at radius 2 is 1.86 bits per heavy atom. The Labute approximate surface area is 78.5 Å². The van der Waals surface area contributed by atoms with Crippen molar-refractivity contribution in [3.63, 3.8) is 0 Å². The molecule has 1 rings (SSSR count). The van der Waals surface area contributed by atoms with Crippen LogP contribution in [0.25, 0.3) is 0 Å². The summed E-state index contributed by atoms with van der Waals surface area (Å²) >= 11 is 0. The molecule has 0 spiro atoms. The van der Waals surface area contributed by atoms with E-state index in [0.29, 0.717) is 0 Å². The fourth-order valence-electron chi connectivity index (χ4n) is 1.16. The van der Waals surface area contributed by atoms with Gasteiger partial charge in [0.05, 0.1) is 0 Å². The van der Waals surface area contributed by atoms with Gasteiger partial charge in [-0.3, -0.25) is 0 Å². The maximum atomic E-state index is 12.6. The van der Waals surface area contributed by atoms with Crippen LogP contribution in [-0.2, 0) is 0 Å². The Balaban J connectivity index is 3.08. The molecule has 0 saturated carbocycles. The number of nitrogens with two attached hydrogens (primary N) is 1. The lowest BCUT2D eigenvalue weighted by molar-refractivity contribution is -0.149. The molecule has 0 amide bonds. The molecule has 1 atom stereocenters. The molecule has 0 saturated heterocycles. The second-order valence-electron chi connectivity index (χ2n) is 3.02. The fourth-order valence-corrected chi connectivity index (χ4v) is 1.16. The van der Waals surface area contributed by atoms with Crippen LogP contribution < -0.4 is 5.73 Å². The van der Waals surface area contributed by atoms with E-state index in [2.05, 4.69) is 0 Å². The van der Waals surface area contributed by atoms with Gasteiger partial charge in [-0.2, -0.15) is 13.2 Å². The standard InChI is InChI=1S/C9H9F4N/c1-5-4-6(10)2-3-7(5)8(14)9(11,12)13/h2-4,8H,14H2,1H3/t8-/m1/s1. The summed E-state index contributed by atoms with van der Waals surface area (Å²) in [6.45, 7) is 1.39. The quantitative estimate of drug-likeness (QED) is 0.704. The third-order valence-corrected chi connectivity index (χ3v) is 1.92. The Kier molecular flexibility index (Phi) is 2.80. The molecule has 5 heteroatoms. The first kappa shape index (κ1) is 11.0. The molecule has 2 N–H and O–H groups in total. The van der Waals surface area contributed by atoms with Gasteiger partial charge in [-0.25, -0.2) is 4.39 Å². The van der Waals surface area contributed by atoms with Gasteiger partial charge < -0.3 is 5.73 Å². The maximum Gasteiger partial charge on any atom is 0.407 e. The number of hydrogen-bond acceptors (Lipinski definition) is 1. The van der Waals surface area contributed by atoms with E-state index in [1.54, 1.807) is 0 Å². The fraction of sp³-hybridized carbons (Fsp3) is 0.333. The normalized spacial score (nSPS) is 14.1. The van der Waals surface area contributed by atoms with Gasteiger partial charge in [0.25, 0.3) is 0 Å². The first-order valence-corrected chi connectivity index (χ1v) is 3.90. The summed E-state index contributed by atoms with van der Waals surface area (Å²) in [5.41, 5.74) is 5.08. The average molecular weight is 207 g/mol. The van der Waals surface area contributed by atoms with Crippen LogP contribution in [0.5, 0.6) is 0 Å². The second kappa shape index (κ2) is 3.57. The number of alkyl halides is 3. The van der Waals surface area contributed by atoms with Crippen molar-refractivity contribution < 1.29 is 17.6 Å². The van der Waals surface area contributed by atoms with Crippen LogP contribution >= 0.6 is 0 Å². The topological polar surface area (TPSA) is 26.0 Å². The van der Waals surface area contributed by atoms with E-state index in [1.807, 2.05) is 0 Å². The molecule has 0 unspecified atom stereocenters. The maximum absolute atomic E-state index is 12.6. The molecule has 14 heavy (non-hydrogen) atoms. The van der Waals surface area contributed by atoms with Crippen molar-refractivity contribution in [2.45, 2.75) is 19.1 Å². The lowest BCUT2D eigenvalue weighted by atomic mass is 10.0. The van der Waals surface area contributed by atoms with Crippen LogP contribution in [0.2, 0.25) is 0 Å². The van der Waals surface area contributed by atoms with Gasteiger partial charge in [-0.15, -0.1) is 0 Å². The molecule has 1 aromatic rings. The number of rotatable bonds is 1. The Bertz CT molecular complexity index is 332. The molecule has 1 aromatic carbocycles. The molecule has 0 bridgehead atoms. The Hall–Kier alpha value is -1.10. The van der Waals surface area contributed by atoms with E-state index in [0.717, 1.165) is 18.2 Å². The SMILES string of the molecule is Cc1cc(F)ccc1[C@@H](N)C(F)(F)F. The molecular formula is C9H9F4N. The van der Waals surface area contributed by atoms with Gasteiger partial charge >= 0.3 is 6.18 Å². The highest BCUT2D eigenvalue weighted by molar-refractivity contribution is 5.30. The van der Waals surface area contributed by atoms with E-state index < -0.39 is 18.0 Å². The first-order chi connectivity index (χ1) is 6.32. The lowest BCUT2D eigenvalue weighted by Gasteiger charge is -2.17. The molecule has 0 aliphatic carbocycles. The monoisotopic (exact) mass is 207 g/mol. The van der Waals surface area contributed by atoms with Crippen LogP contribution in [0.1, 0.15) is 17.2 Å². The molecule has 0 heterocycles. The van der Waals surface area contributed by atoms with Crippen molar-refractivity contribution in [2.75, 3.05) is 0 Å². The minimum atomic E-state index is -4.50. The van der Waals surface area contributed by atoms with Crippen LogP contribution in [0, 0.1) is 12.7 Å². The summed E-state index contributed by atoms with van der Waals surface area (Å²) in [4.78, 5) is 0. The van der Waals surface area contributed by atoms with Crippen LogP contribution in [0.4, 0.5) is 17.6 Å². The molecular weight excluding hydrogens is 198 g/mol. The summed E-state index contributed by atoms with van der Waals surface area (Å²) in [5, 5.41) is 0. The number of aryl methyl sites for hydroxylation is 1. The smallest absolute Gasteiger partial charge is 0.316 e. The largest absolute Gasteiger partial charge is 0.407 e. The third-order valence-electron chi connectivity index (χ3n) is 1.92. The van der Waals surface area contributed by atoms with E-state index >= 15 is 0 Å². The lowest BCUT2D eigenvalue weighted by Crippen LogP contribution is -2.29. The summed E-state index contributed by atoms with van der Waals surface area (Å²) < 4.78 is 49.2. The number of hydrogen-bond donors (Lipinski definition) is 1. The summed E-state index contributed by atoms with van der Waals surface area (Å²) in [5.74, 6) is -0.569. The molecule has 78 valence electrons. The summed E-state index contributed by atoms with van der Waals surface area (Å²) in [6.07, 6.45) is -4.50. The van der Waals surface area contributed by atoms with Crippen molar-refractivity contribution in [1.82, 2.24) is 0 Å². The molecule has 0 aliphatic heterocycles. The zero-order valence-corrected chi connectivity index (χ0v) is 7.40. The summed E-state index contributed by atoms with van der Waals surface area (Å²) in [6, 6.07) is 1.00. The zero-order valence-electron chi connectivity index (χ0n) is 7.40. The van der Waals surface area contributed by atoms with Gasteiger partial charge in [-0.05, 0) is 30.2 Å². The molecule has 1 nitrogen and oxygen atoms in total. The van der Waals surface area contributed by atoms with Crippen LogP contribution in [-0.4, -0.2) is 6.18 Å². The molecule has 0 aliphatic rings. The van der Waals surface area contributed by atoms with Gasteiger partial charge in [-0.1, -0.05) is 6.07 Å². The highest BCUT2D eigenvalue weighted by Gasteiger charge is 2.38. The highest BCUT2D eigenvalue weighted by Crippen LogP contribution is 2.32. The second-order valence-corrected chi connectivity index (χ2v) is 3.02. The molecule has 0 aromatic heterocycles. The van der Waals surface area contributed by atoms with E-state index in [4.69, 9.17) is 5.73 Å². The van der Waals surface area contributed by atoms with Crippen molar-refractivity contribution in [2.24, 2.45) is 5.73 Å². The first-order valence-electron chi connectivity index (χ1n) is 3.90. The minimum absolute atomic E-state index is 0.0982. The van der Waals surface area contributed by atoms with Crippen molar-refractivity contribution in [3.8, 4) is 0 Å². The van der Waals surface area contributed by atoms with Gasteiger partial charge in [0.15, 0.2) is 0 Å². The van der Waals surface area contributed by atoms with E-state index in [-0.39, 0.29) is 11.1 Å². The summed E-state index contributed by atoms with van der Waals surface area (Å²) in [7, 11) is 0. The van der Waals surface area contributed by atoms with E-state index in [9.17, 15) is 17.6 Å². The third kappa shape index (κ3) is 2.23. The Morgan fingerprint density at radius 1 is 1.29 bits per heavy atom. The highest BCUT2D eigenvalue weighted by atomic mass is 19.4. The van der Waals surface area contributed by atoms with Gasteiger partial charge in [0.1, 0.15) is 11.9 Å². The van der Waals surface area contributed by atoms with Gasteiger partial charge in [0, 0.05) is 0 Å². The minimum Gasteiger partial charge on any atom is -0.316 e. The van der Waals surface area contributed by atoms with Crippen LogP contribution in [0.3, 0.4) is 0 Å². The Morgan fingerprint density at radius 3 is 2.29 bits per heavy atom. The van der Waals surface area contributed by atoms with E-state index in [1.165, 1.54) is 6.92 Å². The van der Waals surface area contributed by atoms with Crippen molar-refractivity contribution in [1.29, 1.82) is 0 Å². The average Bonchev–Trinajstić information content (AvgIpc) is 2.01. The van der Waals surface area contributed by atoms with Gasteiger partial charge in [0.2, 0.25) is 0 Å². The number of halogens is 4. The van der Waals surface area contributed by atoms with Crippen LogP contribution in [0.15, 0.2) is 18.2 Å². The zero-order chi connectivity index (χ0) is 10.9. The predicted octanol–water partition coefficient (Wildman–Crippen LogP) is 2.70. The molecule has 0 radical (unpaired) electrons. The molecule has 0 fully saturated rings. The predicted molar refractivity (Wildman–Crippen MR) is 44.1 cm³/mol. The van der Waals surface area contributed by atoms with Crippen molar-refractivity contribution >= 4 is 0 Å². The number of benzene rings is 1. The van der Waals surface area contributed by atoms with Crippen molar-refractivity contribution in [3.05, 3.63) is 35.1 Å².